The van der Waals surface area contributed by atoms with Gasteiger partial charge in [-0.15, -0.1) is 0 Å². The zero-order chi connectivity index (χ0) is 17.2. The summed E-state index contributed by atoms with van der Waals surface area (Å²) in [4.78, 5) is 24.9. The van der Waals surface area contributed by atoms with Gasteiger partial charge in [-0.3, -0.25) is 9.59 Å². The van der Waals surface area contributed by atoms with Gasteiger partial charge in [0, 0.05) is 13.6 Å². The number of carbonyl (C=O) groups is 2. The zero-order valence-electron chi connectivity index (χ0n) is 14.3. The van der Waals surface area contributed by atoms with Crippen molar-refractivity contribution >= 4 is 11.9 Å². The molecule has 0 aliphatic rings. The number of carbonyl (C=O) groups excluding carboxylic acids is 2. The lowest BCUT2D eigenvalue weighted by Crippen LogP contribution is -2.31. The van der Waals surface area contributed by atoms with Crippen LogP contribution in [-0.4, -0.2) is 50.2 Å². The third kappa shape index (κ3) is 6.18. The third-order valence-electron chi connectivity index (χ3n) is 3.21. The Morgan fingerprint density at radius 1 is 1.04 bits per heavy atom. The van der Waals surface area contributed by atoms with Gasteiger partial charge in [0.15, 0.2) is 18.1 Å². The first kappa shape index (κ1) is 18.8. The third-order valence-corrected chi connectivity index (χ3v) is 3.21. The van der Waals surface area contributed by atoms with E-state index >= 15 is 0 Å². The monoisotopic (exact) mass is 323 g/mol. The average molecular weight is 323 g/mol. The van der Waals surface area contributed by atoms with Crippen LogP contribution in [0.3, 0.4) is 0 Å². The molecule has 0 aliphatic heterocycles. The molecule has 1 amide bonds. The van der Waals surface area contributed by atoms with Gasteiger partial charge in [0.2, 0.25) is 0 Å². The van der Waals surface area contributed by atoms with Crippen LogP contribution in [-0.2, 0) is 20.7 Å². The Bertz CT molecular complexity index is 530. The number of likely N-dealkylation sites (N-methyl/N-ethyl adjacent to an activating group) is 1. The Hall–Kier alpha value is -2.24. The van der Waals surface area contributed by atoms with Gasteiger partial charge >= 0.3 is 5.97 Å². The second kappa shape index (κ2) is 9.71. The number of rotatable bonds is 9. The fourth-order valence-corrected chi connectivity index (χ4v) is 1.85. The number of amides is 1. The van der Waals surface area contributed by atoms with Crippen molar-refractivity contribution in [2.24, 2.45) is 0 Å². The van der Waals surface area contributed by atoms with Gasteiger partial charge in [-0.1, -0.05) is 6.07 Å². The summed E-state index contributed by atoms with van der Waals surface area (Å²) in [6, 6.07) is 5.21. The molecule has 0 aromatic heterocycles. The van der Waals surface area contributed by atoms with Crippen molar-refractivity contribution in [1.29, 1.82) is 0 Å². The molecule has 0 fully saturated rings. The molecule has 0 spiro atoms. The maximum absolute atomic E-state index is 11.8. The minimum absolute atomic E-state index is 0.0539. The van der Waals surface area contributed by atoms with Gasteiger partial charge in [-0.05, 0) is 38.5 Å². The van der Waals surface area contributed by atoms with E-state index in [9.17, 15) is 9.59 Å². The molecule has 128 valence electrons. The molecular weight excluding hydrogens is 298 g/mol. The maximum Gasteiger partial charge on any atom is 0.310 e. The number of hydrogen-bond donors (Lipinski definition) is 0. The van der Waals surface area contributed by atoms with Crippen LogP contribution in [0.2, 0.25) is 0 Å². The van der Waals surface area contributed by atoms with E-state index in [1.807, 2.05) is 13.8 Å². The van der Waals surface area contributed by atoms with E-state index in [1.54, 1.807) is 37.1 Å². The molecule has 0 atom stereocenters. The largest absolute Gasteiger partial charge is 0.490 e. The molecule has 23 heavy (non-hydrogen) atoms. The first-order valence-corrected chi connectivity index (χ1v) is 7.79. The minimum Gasteiger partial charge on any atom is -0.490 e. The van der Waals surface area contributed by atoms with E-state index < -0.39 is 0 Å². The fraction of sp³-hybridized carbons (Fsp3) is 0.529. The predicted octanol–water partition coefficient (Wildman–Crippen LogP) is 2.05. The number of esters is 1. The lowest BCUT2D eigenvalue weighted by atomic mass is 10.1. The van der Waals surface area contributed by atoms with Crippen LogP contribution in [0.15, 0.2) is 18.2 Å². The summed E-state index contributed by atoms with van der Waals surface area (Å²) in [5.74, 6) is 0.604. The first-order valence-electron chi connectivity index (χ1n) is 7.79. The van der Waals surface area contributed by atoms with Crippen LogP contribution in [0.1, 0.15) is 26.3 Å². The summed E-state index contributed by atoms with van der Waals surface area (Å²) in [5.41, 5.74) is 0.774. The fourth-order valence-electron chi connectivity index (χ4n) is 1.85. The highest BCUT2D eigenvalue weighted by Gasteiger charge is 2.13. The van der Waals surface area contributed by atoms with Crippen molar-refractivity contribution in [3.05, 3.63) is 23.8 Å². The number of benzene rings is 1. The summed E-state index contributed by atoms with van der Waals surface area (Å²) in [6.45, 7) is 6.91. The summed E-state index contributed by atoms with van der Waals surface area (Å²) >= 11 is 0. The Morgan fingerprint density at radius 3 is 2.39 bits per heavy atom. The van der Waals surface area contributed by atoms with Crippen molar-refractivity contribution in [2.45, 2.75) is 27.2 Å². The number of hydrogen-bond acceptors (Lipinski definition) is 5. The molecular formula is C17H25NO5. The van der Waals surface area contributed by atoms with Gasteiger partial charge < -0.3 is 19.1 Å². The Labute approximate surface area is 137 Å². The summed E-state index contributed by atoms with van der Waals surface area (Å²) < 4.78 is 16.0. The quantitative estimate of drug-likeness (QED) is 0.651. The Kier molecular flexibility index (Phi) is 7.94. The van der Waals surface area contributed by atoms with E-state index in [2.05, 4.69) is 0 Å². The highest BCUT2D eigenvalue weighted by Crippen LogP contribution is 2.29. The van der Waals surface area contributed by atoms with E-state index in [-0.39, 0.29) is 24.9 Å². The molecule has 0 unspecified atom stereocenters. The summed E-state index contributed by atoms with van der Waals surface area (Å²) in [6.07, 6.45) is 0.172. The van der Waals surface area contributed by atoms with E-state index in [0.29, 0.717) is 31.3 Å². The highest BCUT2D eigenvalue weighted by molar-refractivity contribution is 5.77. The van der Waals surface area contributed by atoms with Gasteiger partial charge in [0.05, 0.1) is 19.6 Å². The van der Waals surface area contributed by atoms with Gasteiger partial charge in [-0.2, -0.15) is 0 Å². The average Bonchev–Trinajstić information content (AvgIpc) is 2.53. The van der Waals surface area contributed by atoms with Crippen molar-refractivity contribution in [3.8, 4) is 11.5 Å². The summed E-state index contributed by atoms with van der Waals surface area (Å²) in [7, 11) is 1.72. The van der Waals surface area contributed by atoms with E-state index in [4.69, 9.17) is 14.2 Å². The van der Waals surface area contributed by atoms with Crippen LogP contribution in [0.4, 0.5) is 0 Å². The molecule has 0 aliphatic carbocycles. The molecule has 0 bridgehead atoms. The standard InChI is InChI=1S/C17H25NO5/c1-5-18(4)16(19)12-23-14-9-8-13(10-15(14)21-6-2)11-17(20)22-7-3/h8-10H,5-7,11-12H2,1-4H3. The molecule has 0 N–H and O–H groups in total. The number of nitrogens with zero attached hydrogens (tertiary/aromatic N) is 1. The lowest BCUT2D eigenvalue weighted by Gasteiger charge is -2.16. The van der Waals surface area contributed by atoms with Crippen molar-refractivity contribution in [2.75, 3.05) is 33.4 Å². The van der Waals surface area contributed by atoms with Crippen LogP contribution in [0.25, 0.3) is 0 Å². The van der Waals surface area contributed by atoms with Crippen molar-refractivity contribution < 1.29 is 23.8 Å². The first-order chi connectivity index (χ1) is 11.0. The molecule has 0 saturated heterocycles. The molecule has 0 radical (unpaired) electrons. The van der Waals surface area contributed by atoms with Gasteiger partial charge in [0.25, 0.3) is 5.91 Å². The molecule has 0 saturated carbocycles. The predicted molar refractivity (Wildman–Crippen MR) is 86.8 cm³/mol. The molecule has 1 aromatic rings. The smallest absolute Gasteiger partial charge is 0.310 e. The molecule has 1 rings (SSSR count). The SMILES string of the molecule is CCOC(=O)Cc1ccc(OCC(=O)N(C)CC)c(OCC)c1. The van der Waals surface area contributed by atoms with Crippen LogP contribution in [0, 0.1) is 0 Å². The minimum atomic E-state index is -0.289. The van der Waals surface area contributed by atoms with Gasteiger partial charge in [0.1, 0.15) is 0 Å². The van der Waals surface area contributed by atoms with Crippen LogP contribution < -0.4 is 9.47 Å². The second-order valence-electron chi connectivity index (χ2n) is 4.89. The lowest BCUT2D eigenvalue weighted by molar-refractivity contribution is -0.142. The van der Waals surface area contributed by atoms with Crippen molar-refractivity contribution in [3.63, 3.8) is 0 Å². The topological polar surface area (TPSA) is 65.1 Å². The molecule has 6 heteroatoms. The Balaban J connectivity index is 2.79. The molecule has 0 heterocycles. The molecule has 1 aromatic carbocycles. The van der Waals surface area contributed by atoms with Gasteiger partial charge in [-0.25, -0.2) is 0 Å². The van der Waals surface area contributed by atoms with Crippen LogP contribution >= 0.6 is 0 Å². The second-order valence-corrected chi connectivity index (χ2v) is 4.89. The number of ether oxygens (including phenoxy) is 3. The Morgan fingerprint density at radius 2 is 1.78 bits per heavy atom. The normalized spacial score (nSPS) is 10.1. The highest BCUT2D eigenvalue weighted by atomic mass is 16.5. The van der Waals surface area contributed by atoms with Crippen molar-refractivity contribution in [1.82, 2.24) is 4.90 Å². The van der Waals surface area contributed by atoms with Crippen LogP contribution in [0.5, 0.6) is 11.5 Å². The molecule has 6 nitrogen and oxygen atoms in total. The van der Waals surface area contributed by atoms with E-state index in [0.717, 1.165) is 5.56 Å². The zero-order valence-corrected chi connectivity index (χ0v) is 14.3. The maximum atomic E-state index is 11.8. The summed E-state index contributed by atoms with van der Waals surface area (Å²) in [5, 5.41) is 0. The van der Waals surface area contributed by atoms with E-state index in [1.165, 1.54) is 0 Å².